The highest BCUT2D eigenvalue weighted by Gasteiger charge is 2.14. The first kappa shape index (κ1) is 13.2. The van der Waals surface area contributed by atoms with Crippen LogP contribution in [0.5, 0.6) is 0 Å². The lowest BCUT2D eigenvalue weighted by molar-refractivity contribution is 0.189. The van der Waals surface area contributed by atoms with Gasteiger partial charge >= 0.3 is 0 Å². The molecule has 1 aromatic carbocycles. The summed E-state index contributed by atoms with van der Waals surface area (Å²) >= 11 is 0. The molecular formula is C15H24O. The van der Waals surface area contributed by atoms with Crippen molar-refractivity contribution in [1.29, 1.82) is 0 Å². The van der Waals surface area contributed by atoms with Crippen LogP contribution in [0.2, 0.25) is 0 Å². The molecule has 0 saturated carbocycles. The van der Waals surface area contributed by atoms with E-state index in [0.717, 1.165) is 6.42 Å². The molecule has 0 aromatic heterocycles. The minimum absolute atomic E-state index is 0.282. The molecule has 1 atom stereocenters. The van der Waals surface area contributed by atoms with Gasteiger partial charge in [0.25, 0.3) is 0 Å². The Kier molecular flexibility index (Phi) is 4.55. The smallest absolute Gasteiger partial charge is 0.0464 e. The van der Waals surface area contributed by atoms with Gasteiger partial charge in [0.15, 0.2) is 0 Å². The number of hydrogen-bond donors (Lipinski definition) is 1. The number of benzene rings is 1. The van der Waals surface area contributed by atoms with E-state index in [1.54, 1.807) is 0 Å². The van der Waals surface area contributed by atoms with Gasteiger partial charge < -0.3 is 5.11 Å². The van der Waals surface area contributed by atoms with E-state index in [1.165, 1.54) is 22.3 Å². The summed E-state index contributed by atoms with van der Waals surface area (Å²) in [6.45, 7) is 11.1. The van der Waals surface area contributed by atoms with Gasteiger partial charge in [0.1, 0.15) is 0 Å². The third kappa shape index (κ3) is 3.08. The Bertz CT molecular complexity index is 353. The van der Waals surface area contributed by atoms with Gasteiger partial charge in [-0.2, -0.15) is 0 Å². The summed E-state index contributed by atoms with van der Waals surface area (Å²) in [6, 6.07) is 4.52. The quantitative estimate of drug-likeness (QED) is 0.824. The van der Waals surface area contributed by atoms with E-state index in [2.05, 4.69) is 46.8 Å². The van der Waals surface area contributed by atoms with Crippen LogP contribution < -0.4 is 0 Å². The highest BCUT2D eigenvalue weighted by molar-refractivity contribution is 5.36. The maximum atomic E-state index is 9.37. The van der Waals surface area contributed by atoms with Gasteiger partial charge in [-0.25, -0.2) is 0 Å². The standard InChI is InChI=1S/C15H24O/c1-10(2)15(9-16)8-14-7-12(4)11(3)6-13(14)5/h6-7,10,15-16H,8-9H2,1-5H3. The SMILES string of the molecule is Cc1cc(C)c(CC(CO)C(C)C)cc1C. The first-order valence-corrected chi connectivity index (χ1v) is 6.13. The van der Waals surface area contributed by atoms with Crippen molar-refractivity contribution in [3.63, 3.8) is 0 Å². The fourth-order valence-corrected chi connectivity index (χ4v) is 2.03. The molecule has 1 rings (SSSR count). The predicted octanol–water partition coefficient (Wildman–Crippen LogP) is 3.42. The van der Waals surface area contributed by atoms with Crippen LogP contribution in [0.1, 0.15) is 36.1 Å². The summed E-state index contributed by atoms with van der Waals surface area (Å²) in [5, 5.41) is 9.37. The van der Waals surface area contributed by atoms with Crippen molar-refractivity contribution in [2.24, 2.45) is 11.8 Å². The van der Waals surface area contributed by atoms with Gasteiger partial charge in [0, 0.05) is 6.61 Å². The molecule has 1 N–H and O–H groups in total. The molecule has 1 unspecified atom stereocenters. The molecule has 0 heterocycles. The second-order valence-corrected chi connectivity index (χ2v) is 5.25. The molecule has 1 heteroatoms. The molecule has 0 aliphatic heterocycles. The van der Waals surface area contributed by atoms with Crippen LogP contribution in [0.4, 0.5) is 0 Å². The Hall–Kier alpha value is -0.820. The van der Waals surface area contributed by atoms with Crippen LogP contribution in [0.15, 0.2) is 12.1 Å². The maximum Gasteiger partial charge on any atom is 0.0464 e. The highest BCUT2D eigenvalue weighted by Crippen LogP contribution is 2.22. The molecule has 16 heavy (non-hydrogen) atoms. The molecule has 0 bridgehead atoms. The first-order valence-electron chi connectivity index (χ1n) is 6.13. The lowest BCUT2D eigenvalue weighted by Gasteiger charge is -2.20. The van der Waals surface area contributed by atoms with Crippen LogP contribution >= 0.6 is 0 Å². The van der Waals surface area contributed by atoms with Crippen molar-refractivity contribution >= 4 is 0 Å². The fraction of sp³-hybridized carbons (Fsp3) is 0.600. The lowest BCUT2D eigenvalue weighted by atomic mass is 9.87. The van der Waals surface area contributed by atoms with E-state index in [-0.39, 0.29) is 6.61 Å². The Balaban J connectivity index is 2.92. The monoisotopic (exact) mass is 220 g/mol. The predicted molar refractivity (Wildman–Crippen MR) is 69.8 cm³/mol. The highest BCUT2D eigenvalue weighted by atomic mass is 16.3. The van der Waals surface area contributed by atoms with Crippen LogP contribution in [-0.2, 0) is 6.42 Å². The van der Waals surface area contributed by atoms with Crippen molar-refractivity contribution in [3.8, 4) is 0 Å². The third-order valence-electron chi connectivity index (χ3n) is 3.61. The van der Waals surface area contributed by atoms with Crippen molar-refractivity contribution in [3.05, 3.63) is 34.4 Å². The summed E-state index contributed by atoms with van der Waals surface area (Å²) in [4.78, 5) is 0. The Labute approximate surface area is 99.5 Å². The Morgan fingerprint density at radius 2 is 1.56 bits per heavy atom. The number of aliphatic hydroxyl groups excluding tert-OH is 1. The van der Waals surface area contributed by atoms with Crippen molar-refractivity contribution in [1.82, 2.24) is 0 Å². The van der Waals surface area contributed by atoms with Crippen LogP contribution in [-0.4, -0.2) is 11.7 Å². The van der Waals surface area contributed by atoms with Crippen LogP contribution in [0.25, 0.3) is 0 Å². The Morgan fingerprint density at radius 3 is 2.06 bits per heavy atom. The molecule has 0 aliphatic carbocycles. The average Bonchev–Trinajstić information content (AvgIpc) is 2.21. The Morgan fingerprint density at radius 1 is 1.00 bits per heavy atom. The number of aryl methyl sites for hydroxylation is 3. The molecule has 1 nitrogen and oxygen atoms in total. The summed E-state index contributed by atoms with van der Waals surface area (Å²) in [5.41, 5.74) is 5.44. The second-order valence-electron chi connectivity index (χ2n) is 5.25. The molecular weight excluding hydrogens is 196 g/mol. The van der Waals surface area contributed by atoms with Gasteiger partial charge in [0.05, 0.1) is 0 Å². The maximum absolute atomic E-state index is 9.37. The molecule has 1 aromatic rings. The molecule has 0 saturated heterocycles. The molecule has 0 radical (unpaired) electrons. The van der Waals surface area contributed by atoms with Gasteiger partial charge in [-0.15, -0.1) is 0 Å². The van der Waals surface area contributed by atoms with Gasteiger partial charge in [-0.1, -0.05) is 26.0 Å². The minimum atomic E-state index is 0.282. The summed E-state index contributed by atoms with van der Waals surface area (Å²) < 4.78 is 0. The van der Waals surface area contributed by atoms with E-state index >= 15 is 0 Å². The zero-order valence-corrected chi connectivity index (χ0v) is 11.2. The number of hydrogen-bond acceptors (Lipinski definition) is 1. The zero-order chi connectivity index (χ0) is 12.3. The molecule has 0 spiro atoms. The van der Waals surface area contributed by atoms with Gasteiger partial charge in [-0.05, 0) is 61.3 Å². The van der Waals surface area contributed by atoms with Crippen molar-refractivity contribution < 1.29 is 5.11 Å². The number of aliphatic hydroxyl groups is 1. The summed E-state index contributed by atoms with van der Waals surface area (Å²) in [5.74, 6) is 0.909. The van der Waals surface area contributed by atoms with E-state index < -0.39 is 0 Å². The fourth-order valence-electron chi connectivity index (χ4n) is 2.03. The van der Waals surface area contributed by atoms with Gasteiger partial charge in [-0.3, -0.25) is 0 Å². The lowest BCUT2D eigenvalue weighted by Crippen LogP contribution is -2.17. The average molecular weight is 220 g/mol. The third-order valence-corrected chi connectivity index (χ3v) is 3.61. The molecule has 0 aliphatic rings. The minimum Gasteiger partial charge on any atom is -0.396 e. The first-order chi connectivity index (χ1) is 7.45. The summed E-state index contributed by atoms with van der Waals surface area (Å²) in [7, 11) is 0. The van der Waals surface area contributed by atoms with E-state index in [4.69, 9.17) is 0 Å². The largest absolute Gasteiger partial charge is 0.396 e. The normalized spacial score (nSPS) is 13.2. The van der Waals surface area contributed by atoms with Crippen LogP contribution in [0.3, 0.4) is 0 Å². The summed E-state index contributed by atoms with van der Waals surface area (Å²) in [6.07, 6.45) is 0.987. The number of rotatable bonds is 4. The molecule has 90 valence electrons. The second kappa shape index (κ2) is 5.49. The topological polar surface area (TPSA) is 20.2 Å². The van der Waals surface area contributed by atoms with E-state index in [0.29, 0.717) is 11.8 Å². The van der Waals surface area contributed by atoms with E-state index in [1.807, 2.05) is 0 Å². The van der Waals surface area contributed by atoms with Crippen molar-refractivity contribution in [2.75, 3.05) is 6.61 Å². The van der Waals surface area contributed by atoms with Gasteiger partial charge in [0.2, 0.25) is 0 Å². The van der Waals surface area contributed by atoms with E-state index in [9.17, 15) is 5.11 Å². The van der Waals surface area contributed by atoms with Crippen molar-refractivity contribution in [2.45, 2.75) is 41.0 Å². The van der Waals surface area contributed by atoms with Crippen LogP contribution in [0, 0.1) is 32.6 Å². The molecule has 0 fully saturated rings. The zero-order valence-electron chi connectivity index (χ0n) is 11.2. The molecule has 0 amide bonds.